The first-order valence-electron chi connectivity index (χ1n) is 4.52. The highest BCUT2D eigenvalue weighted by Crippen LogP contribution is 2.29. The highest BCUT2D eigenvalue weighted by atomic mass is 32.1. The van der Waals surface area contributed by atoms with Crippen molar-refractivity contribution in [3.05, 3.63) is 48.7 Å². The summed E-state index contributed by atoms with van der Waals surface area (Å²) in [6, 6.07) is 6.77. The number of hydrogen-bond acceptors (Lipinski definition) is 2. The SMILES string of the molecule is Fc1ccccc1-c1cn2ccnc2s1. The van der Waals surface area contributed by atoms with Crippen LogP contribution in [0.4, 0.5) is 4.39 Å². The Morgan fingerprint density at radius 1 is 1.27 bits per heavy atom. The molecular weight excluding hydrogens is 211 g/mol. The van der Waals surface area contributed by atoms with Crippen LogP contribution in [0, 0.1) is 5.82 Å². The van der Waals surface area contributed by atoms with Crippen molar-refractivity contribution < 1.29 is 4.39 Å². The van der Waals surface area contributed by atoms with Crippen molar-refractivity contribution in [3.63, 3.8) is 0 Å². The highest BCUT2D eigenvalue weighted by molar-refractivity contribution is 7.20. The molecule has 0 spiro atoms. The third-order valence-electron chi connectivity index (χ3n) is 2.23. The summed E-state index contributed by atoms with van der Waals surface area (Å²) >= 11 is 1.48. The van der Waals surface area contributed by atoms with Gasteiger partial charge in [-0.05, 0) is 6.07 Å². The minimum atomic E-state index is -0.193. The normalized spacial score (nSPS) is 11.0. The third kappa shape index (κ3) is 1.34. The molecule has 0 fully saturated rings. The molecular formula is C11H7FN2S. The minimum Gasteiger partial charge on any atom is -0.297 e. The second-order valence-corrected chi connectivity index (χ2v) is 4.20. The Balaban J connectivity index is 2.22. The summed E-state index contributed by atoms with van der Waals surface area (Å²) in [4.78, 5) is 5.94. The molecule has 2 aromatic heterocycles. The molecule has 3 rings (SSSR count). The molecule has 2 nitrogen and oxygen atoms in total. The summed E-state index contributed by atoms with van der Waals surface area (Å²) < 4.78 is 15.4. The molecule has 15 heavy (non-hydrogen) atoms. The number of rotatable bonds is 1. The van der Waals surface area contributed by atoms with Gasteiger partial charge in [0.05, 0.1) is 4.88 Å². The Bertz CT molecular complexity index is 583. The van der Waals surface area contributed by atoms with E-state index in [2.05, 4.69) is 4.98 Å². The molecule has 1 aromatic carbocycles. The average molecular weight is 218 g/mol. The molecule has 0 unspecified atom stereocenters. The van der Waals surface area contributed by atoms with E-state index in [4.69, 9.17) is 0 Å². The minimum absolute atomic E-state index is 0.193. The van der Waals surface area contributed by atoms with Gasteiger partial charge in [0.15, 0.2) is 4.96 Å². The van der Waals surface area contributed by atoms with Crippen molar-refractivity contribution in [1.29, 1.82) is 0 Å². The molecule has 0 atom stereocenters. The van der Waals surface area contributed by atoms with Gasteiger partial charge in [-0.3, -0.25) is 4.40 Å². The fraction of sp³-hybridized carbons (Fsp3) is 0. The number of aromatic nitrogens is 2. The monoisotopic (exact) mass is 218 g/mol. The van der Waals surface area contributed by atoms with Crippen LogP contribution in [0.1, 0.15) is 0 Å². The molecule has 3 aromatic rings. The van der Waals surface area contributed by atoms with E-state index in [0.717, 1.165) is 9.84 Å². The Hall–Kier alpha value is -1.68. The average Bonchev–Trinajstić information content (AvgIpc) is 2.77. The topological polar surface area (TPSA) is 17.3 Å². The molecule has 2 heterocycles. The zero-order valence-corrected chi connectivity index (χ0v) is 8.54. The van der Waals surface area contributed by atoms with Crippen LogP contribution in [0.25, 0.3) is 15.4 Å². The zero-order chi connectivity index (χ0) is 10.3. The van der Waals surface area contributed by atoms with Crippen molar-refractivity contribution in [1.82, 2.24) is 9.38 Å². The predicted molar refractivity (Wildman–Crippen MR) is 58.5 cm³/mol. The van der Waals surface area contributed by atoms with Gasteiger partial charge >= 0.3 is 0 Å². The first-order chi connectivity index (χ1) is 7.34. The van der Waals surface area contributed by atoms with Crippen LogP contribution in [0.15, 0.2) is 42.9 Å². The molecule has 0 aliphatic carbocycles. The quantitative estimate of drug-likeness (QED) is 0.613. The smallest absolute Gasteiger partial charge is 0.194 e. The number of thiazole rings is 1. The van der Waals surface area contributed by atoms with E-state index < -0.39 is 0 Å². The van der Waals surface area contributed by atoms with Crippen LogP contribution in [0.2, 0.25) is 0 Å². The molecule has 0 bridgehead atoms. The van der Waals surface area contributed by atoms with Gasteiger partial charge in [0.2, 0.25) is 0 Å². The van der Waals surface area contributed by atoms with Crippen molar-refractivity contribution in [3.8, 4) is 10.4 Å². The number of halogens is 1. The van der Waals surface area contributed by atoms with Crippen LogP contribution in [-0.4, -0.2) is 9.38 Å². The van der Waals surface area contributed by atoms with Crippen molar-refractivity contribution in [2.24, 2.45) is 0 Å². The molecule has 0 saturated heterocycles. The van der Waals surface area contributed by atoms with Gasteiger partial charge in [0.25, 0.3) is 0 Å². The Kier molecular flexibility index (Phi) is 1.82. The molecule has 0 radical (unpaired) electrons. The van der Waals surface area contributed by atoms with Crippen molar-refractivity contribution in [2.45, 2.75) is 0 Å². The standard InChI is InChI=1S/C11H7FN2S/c12-9-4-2-1-3-8(9)10-7-14-6-5-13-11(14)15-10/h1-7H. The summed E-state index contributed by atoms with van der Waals surface area (Å²) in [6.45, 7) is 0. The molecule has 0 saturated carbocycles. The van der Waals surface area contributed by atoms with Crippen LogP contribution >= 0.6 is 11.3 Å². The van der Waals surface area contributed by atoms with E-state index in [9.17, 15) is 4.39 Å². The van der Waals surface area contributed by atoms with Gasteiger partial charge in [-0.25, -0.2) is 9.37 Å². The number of benzene rings is 1. The first-order valence-corrected chi connectivity index (χ1v) is 5.33. The largest absolute Gasteiger partial charge is 0.297 e. The maximum absolute atomic E-state index is 13.5. The van der Waals surface area contributed by atoms with Gasteiger partial charge in [-0.15, -0.1) is 0 Å². The lowest BCUT2D eigenvalue weighted by molar-refractivity contribution is 0.631. The van der Waals surface area contributed by atoms with Gasteiger partial charge in [0.1, 0.15) is 5.82 Å². The van der Waals surface area contributed by atoms with Gasteiger partial charge < -0.3 is 0 Å². The third-order valence-corrected chi connectivity index (χ3v) is 3.27. The van der Waals surface area contributed by atoms with Gasteiger partial charge in [-0.1, -0.05) is 29.5 Å². The molecule has 74 valence electrons. The number of imidazole rings is 1. The van der Waals surface area contributed by atoms with Gasteiger partial charge in [-0.2, -0.15) is 0 Å². The highest BCUT2D eigenvalue weighted by Gasteiger charge is 2.08. The second-order valence-electron chi connectivity index (χ2n) is 3.19. The van der Waals surface area contributed by atoms with Crippen molar-refractivity contribution in [2.75, 3.05) is 0 Å². The summed E-state index contributed by atoms with van der Waals surface area (Å²) in [5.74, 6) is -0.193. The van der Waals surface area contributed by atoms with E-state index >= 15 is 0 Å². The lowest BCUT2D eigenvalue weighted by Crippen LogP contribution is -1.79. The second kappa shape index (κ2) is 3.17. The zero-order valence-electron chi connectivity index (χ0n) is 7.72. The summed E-state index contributed by atoms with van der Waals surface area (Å²) in [5, 5.41) is 0. The molecule has 0 amide bonds. The lowest BCUT2D eigenvalue weighted by Gasteiger charge is -1.96. The molecule has 0 aliphatic heterocycles. The Morgan fingerprint density at radius 2 is 2.13 bits per heavy atom. The van der Waals surface area contributed by atoms with E-state index in [1.807, 2.05) is 22.9 Å². The number of hydrogen-bond donors (Lipinski definition) is 0. The van der Waals surface area contributed by atoms with Gasteiger partial charge in [0, 0.05) is 24.2 Å². The van der Waals surface area contributed by atoms with E-state index in [0.29, 0.717) is 5.56 Å². The molecule has 0 N–H and O–H groups in total. The Morgan fingerprint density at radius 3 is 2.93 bits per heavy atom. The van der Waals surface area contributed by atoms with Crippen molar-refractivity contribution >= 4 is 16.3 Å². The van der Waals surface area contributed by atoms with Crippen LogP contribution in [0.3, 0.4) is 0 Å². The molecule has 4 heteroatoms. The lowest BCUT2D eigenvalue weighted by atomic mass is 10.2. The summed E-state index contributed by atoms with van der Waals surface area (Å²) in [6.07, 6.45) is 5.48. The van der Waals surface area contributed by atoms with E-state index in [-0.39, 0.29) is 5.82 Å². The van der Waals surface area contributed by atoms with Crippen LogP contribution in [-0.2, 0) is 0 Å². The maximum atomic E-state index is 13.5. The molecule has 0 aliphatic rings. The summed E-state index contributed by atoms with van der Waals surface area (Å²) in [7, 11) is 0. The number of nitrogens with zero attached hydrogens (tertiary/aromatic N) is 2. The van der Waals surface area contributed by atoms with Crippen LogP contribution in [0.5, 0.6) is 0 Å². The Labute approximate surface area is 89.6 Å². The fourth-order valence-corrected chi connectivity index (χ4v) is 2.48. The predicted octanol–water partition coefficient (Wildman–Crippen LogP) is 3.20. The van der Waals surface area contributed by atoms with E-state index in [1.165, 1.54) is 17.4 Å². The maximum Gasteiger partial charge on any atom is 0.194 e. The first kappa shape index (κ1) is 8.61. The van der Waals surface area contributed by atoms with E-state index in [1.54, 1.807) is 18.3 Å². The number of fused-ring (bicyclic) bond motifs is 1. The van der Waals surface area contributed by atoms with Crippen LogP contribution < -0.4 is 0 Å². The fourth-order valence-electron chi connectivity index (χ4n) is 1.51. The summed E-state index contributed by atoms with van der Waals surface area (Å²) in [5.41, 5.74) is 0.632.